The zero-order chi connectivity index (χ0) is 15.9. The summed E-state index contributed by atoms with van der Waals surface area (Å²) in [6, 6.07) is 6.86. The van der Waals surface area contributed by atoms with Crippen LogP contribution in [-0.4, -0.2) is 63.1 Å². The predicted octanol–water partition coefficient (Wildman–Crippen LogP) is 0.0940. The van der Waals surface area contributed by atoms with Crippen LogP contribution < -0.4 is 10.6 Å². The van der Waals surface area contributed by atoms with Gasteiger partial charge >= 0.3 is 0 Å². The molecule has 7 nitrogen and oxygen atoms in total. The topological polar surface area (TPSA) is 83.0 Å². The highest BCUT2D eigenvalue weighted by molar-refractivity contribution is 6.21. The quantitative estimate of drug-likeness (QED) is 0.337. The first-order valence-electron chi connectivity index (χ1n) is 7.07. The Morgan fingerprint density at radius 3 is 2.27 bits per heavy atom. The SMILES string of the molecule is CN=C(NCCOC)NCCN1C(=O)c2ccccc2C1=O. The minimum absolute atomic E-state index is 0.246. The number of rotatable bonds is 6. The molecule has 1 aromatic carbocycles. The third kappa shape index (κ3) is 3.43. The number of hydrogen-bond acceptors (Lipinski definition) is 4. The number of amides is 2. The second-order valence-electron chi connectivity index (χ2n) is 4.73. The average molecular weight is 304 g/mol. The molecule has 0 bridgehead atoms. The maximum absolute atomic E-state index is 12.2. The van der Waals surface area contributed by atoms with Crippen molar-refractivity contribution < 1.29 is 14.3 Å². The van der Waals surface area contributed by atoms with Crippen LogP contribution in [0.3, 0.4) is 0 Å². The largest absolute Gasteiger partial charge is 0.383 e. The molecular formula is C15H20N4O3. The normalized spacial score (nSPS) is 14.3. The lowest BCUT2D eigenvalue weighted by Gasteiger charge is -2.16. The zero-order valence-corrected chi connectivity index (χ0v) is 12.8. The van der Waals surface area contributed by atoms with E-state index in [1.54, 1.807) is 38.4 Å². The number of aliphatic imine (C=N–C) groups is 1. The maximum atomic E-state index is 12.2. The Bertz CT molecular complexity index is 551. The van der Waals surface area contributed by atoms with Crippen molar-refractivity contribution in [3.63, 3.8) is 0 Å². The summed E-state index contributed by atoms with van der Waals surface area (Å²) < 4.78 is 4.94. The van der Waals surface area contributed by atoms with Gasteiger partial charge in [0.15, 0.2) is 5.96 Å². The molecule has 22 heavy (non-hydrogen) atoms. The predicted molar refractivity (Wildman–Crippen MR) is 83.0 cm³/mol. The zero-order valence-electron chi connectivity index (χ0n) is 12.8. The molecule has 0 atom stereocenters. The van der Waals surface area contributed by atoms with E-state index in [1.807, 2.05) is 0 Å². The minimum Gasteiger partial charge on any atom is -0.383 e. The first kappa shape index (κ1) is 16.0. The van der Waals surface area contributed by atoms with Crippen LogP contribution in [0.25, 0.3) is 0 Å². The van der Waals surface area contributed by atoms with E-state index >= 15 is 0 Å². The van der Waals surface area contributed by atoms with Crippen LogP contribution in [0.4, 0.5) is 0 Å². The van der Waals surface area contributed by atoms with Crippen LogP contribution in [-0.2, 0) is 4.74 Å². The number of hydrogen-bond donors (Lipinski definition) is 2. The summed E-state index contributed by atoms with van der Waals surface area (Å²) in [5, 5.41) is 6.12. The summed E-state index contributed by atoms with van der Waals surface area (Å²) >= 11 is 0. The van der Waals surface area contributed by atoms with Crippen molar-refractivity contribution in [2.45, 2.75) is 0 Å². The molecule has 1 aliphatic heterocycles. The second kappa shape index (κ2) is 7.56. The van der Waals surface area contributed by atoms with E-state index in [0.29, 0.717) is 36.8 Å². The molecule has 0 aliphatic carbocycles. The number of nitrogens with zero attached hydrogens (tertiary/aromatic N) is 2. The molecule has 0 fully saturated rings. The first-order valence-corrected chi connectivity index (χ1v) is 7.07. The Hall–Kier alpha value is -2.41. The minimum atomic E-state index is -0.246. The standard InChI is InChI=1S/C15H20N4O3/c1-16-15(18-8-10-22-2)17-7-9-19-13(20)11-5-3-4-6-12(11)14(19)21/h3-6H,7-10H2,1-2H3,(H2,16,17,18). The average Bonchev–Trinajstić information content (AvgIpc) is 2.78. The van der Waals surface area contributed by atoms with Gasteiger partial charge in [-0.3, -0.25) is 19.5 Å². The molecule has 0 saturated heterocycles. The van der Waals surface area contributed by atoms with Gasteiger partial charge in [0.1, 0.15) is 0 Å². The fraction of sp³-hybridized carbons (Fsp3) is 0.400. The molecule has 0 aromatic heterocycles. The lowest BCUT2D eigenvalue weighted by molar-refractivity contribution is 0.0657. The van der Waals surface area contributed by atoms with Crippen molar-refractivity contribution in [1.82, 2.24) is 15.5 Å². The van der Waals surface area contributed by atoms with E-state index in [4.69, 9.17) is 4.74 Å². The number of imide groups is 1. The fourth-order valence-corrected chi connectivity index (χ4v) is 2.22. The Balaban J connectivity index is 1.86. The summed E-state index contributed by atoms with van der Waals surface area (Å²) in [4.78, 5) is 29.7. The highest BCUT2D eigenvalue weighted by Crippen LogP contribution is 2.21. The van der Waals surface area contributed by atoms with E-state index in [9.17, 15) is 9.59 Å². The second-order valence-corrected chi connectivity index (χ2v) is 4.73. The molecule has 118 valence electrons. The summed E-state index contributed by atoms with van der Waals surface area (Å²) in [5.74, 6) is 0.114. The number of ether oxygens (including phenoxy) is 1. The van der Waals surface area contributed by atoms with Crippen LogP contribution >= 0.6 is 0 Å². The number of carbonyl (C=O) groups is 2. The highest BCUT2D eigenvalue weighted by atomic mass is 16.5. The smallest absolute Gasteiger partial charge is 0.261 e. The Morgan fingerprint density at radius 2 is 1.73 bits per heavy atom. The van der Waals surface area contributed by atoms with Gasteiger partial charge in [0.25, 0.3) is 11.8 Å². The van der Waals surface area contributed by atoms with E-state index < -0.39 is 0 Å². The third-order valence-electron chi connectivity index (χ3n) is 3.33. The molecule has 0 unspecified atom stereocenters. The lowest BCUT2D eigenvalue weighted by atomic mass is 10.1. The molecule has 0 radical (unpaired) electrons. The van der Waals surface area contributed by atoms with Gasteiger partial charge in [0.05, 0.1) is 17.7 Å². The number of guanidine groups is 1. The van der Waals surface area contributed by atoms with Crippen LogP contribution in [0.5, 0.6) is 0 Å². The highest BCUT2D eigenvalue weighted by Gasteiger charge is 2.34. The Labute approximate surface area is 129 Å². The third-order valence-corrected chi connectivity index (χ3v) is 3.33. The van der Waals surface area contributed by atoms with Gasteiger partial charge in [-0.05, 0) is 12.1 Å². The molecule has 0 saturated carbocycles. The van der Waals surface area contributed by atoms with Crippen molar-refractivity contribution >= 4 is 17.8 Å². The first-order chi connectivity index (χ1) is 10.7. The van der Waals surface area contributed by atoms with Crippen molar-refractivity contribution in [2.75, 3.05) is 40.4 Å². The van der Waals surface area contributed by atoms with Crippen LogP contribution in [0.15, 0.2) is 29.3 Å². The van der Waals surface area contributed by atoms with E-state index in [-0.39, 0.29) is 18.4 Å². The summed E-state index contributed by atoms with van der Waals surface area (Å²) in [6.07, 6.45) is 0. The molecule has 1 aliphatic rings. The fourth-order valence-electron chi connectivity index (χ4n) is 2.22. The molecule has 7 heteroatoms. The molecule has 2 rings (SSSR count). The van der Waals surface area contributed by atoms with Gasteiger partial charge < -0.3 is 15.4 Å². The van der Waals surface area contributed by atoms with E-state index in [1.165, 1.54) is 4.90 Å². The number of fused-ring (bicyclic) bond motifs is 1. The number of benzene rings is 1. The number of nitrogens with one attached hydrogen (secondary N) is 2. The van der Waals surface area contributed by atoms with Crippen LogP contribution in [0.1, 0.15) is 20.7 Å². The van der Waals surface area contributed by atoms with Crippen LogP contribution in [0, 0.1) is 0 Å². The van der Waals surface area contributed by atoms with Gasteiger partial charge in [-0.1, -0.05) is 12.1 Å². The van der Waals surface area contributed by atoms with Gasteiger partial charge in [-0.15, -0.1) is 0 Å². The van der Waals surface area contributed by atoms with Crippen molar-refractivity contribution in [3.05, 3.63) is 35.4 Å². The summed E-state index contributed by atoms with van der Waals surface area (Å²) in [5.41, 5.74) is 0.935. The number of methoxy groups -OCH3 is 1. The van der Waals surface area contributed by atoms with Gasteiger partial charge in [0.2, 0.25) is 0 Å². The molecule has 1 heterocycles. The maximum Gasteiger partial charge on any atom is 0.261 e. The van der Waals surface area contributed by atoms with Crippen molar-refractivity contribution in [1.29, 1.82) is 0 Å². The molecule has 2 amide bonds. The van der Waals surface area contributed by atoms with E-state index in [2.05, 4.69) is 15.6 Å². The molecule has 2 N–H and O–H groups in total. The molecule has 1 aromatic rings. The molecule has 0 spiro atoms. The Kier molecular flexibility index (Phi) is 5.48. The van der Waals surface area contributed by atoms with E-state index in [0.717, 1.165) is 0 Å². The molecular weight excluding hydrogens is 284 g/mol. The summed E-state index contributed by atoms with van der Waals surface area (Å²) in [7, 11) is 3.28. The Morgan fingerprint density at radius 1 is 1.14 bits per heavy atom. The van der Waals surface area contributed by atoms with Gasteiger partial charge in [-0.2, -0.15) is 0 Å². The monoisotopic (exact) mass is 304 g/mol. The van der Waals surface area contributed by atoms with Gasteiger partial charge in [-0.25, -0.2) is 0 Å². The van der Waals surface area contributed by atoms with Crippen molar-refractivity contribution in [2.24, 2.45) is 4.99 Å². The lowest BCUT2D eigenvalue weighted by Crippen LogP contribution is -2.43. The number of carbonyl (C=O) groups excluding carboxylic acids is 2. The van der Waals surface area contributed by atoms with Gasteiger partial charge in [0, 0.05) is 33.8 Å². The summed E-state index contributed by atoms with van der Waals surface area (Å²) in [6.45, 7) is 1.91. The van der Waals surface area contributed by atoms with Crippen molar-refractivity contribution in [3.8, 4) is 0 Å². The van der Waals surface area contributed by atoms with Crippen LogP contribution in [0.2, 0.25) is 0 Å².